The highest BCUT2D eigenvalue weighted by molar-refractivity contribution is 6.04. The summed E-state index contributed by atoms with van der Waals surface area (Å²) in [6.07, 6.45) is 4.58. The second kappa shape index (κ2) is 8.19. The molecule has 0 fully saturated rings. The van der Waals surface area contributed by atoms with E-state index in [1.807, 2.05) is 57.2 Å². The topological polar surface area (TPSA) is 54.0 Å². The van der Waals surface area contributed by atoms with Crippen LogP contribution >= 0.6 is 0 Å². The molecule has 2 aromatic rings. The minimum absolute atomic E-state index is 0.00222. The second-order valence-corrected chi connectivity index (χ2v) is 7.54. The molecule has 0 bridgehead atoms. The molecule has 0 saturated heterocycles. The summed E-state index contributed by atoms with van der Waals surface area (Å²) in [4.78, 5) is 13.5. The molecule has 0 aliphatic carbocycles. The van der Waals surface area contributed by atoms with E-state index in [-0.39, 0.29) is 11.7 Å². The van der Waals surface area contributed by atoms with Crippen LogP contribution in [0.1, 0.15) is 54.6 Å². The smallest absolute Gasteiger partial charge is 0.174 e. The van der Waals surface area contributed by atoms with Crippen molar-refractivity contribution in [3.8, 4) is 23.0 Å². The fraction of sp³-hybridized carbons (Fsp3) is 0.375. The molecular formula is C24H28O5. The molecule has 0 amide bonds. The number of rotatable bonds is 7. The van der Waals surface area contributed by atoms with Gasteiger partial charge in [-0.2, -0.15) is 0 Å². The molecule has 0 N–H and O–H groups in total. The van der Waals surface area contributed by atoms with Crippen LogP contribution in [0, 0.1) is 0 Å². The Hall–Kier alpha value is -2.95. The van der Waals surface area contributed by atoms with E-state index in [2.05, 4.69) is 0 Å². The molecule has 0 aromatic heterocycles. The fourth-order valence-corrected chi connectivity index (χ4v) is 3.67. The van der Waals surface area contributed by atoms with Crippen LogP contribution in [0.4, 0.5) is 0 Å². The highest BCUT2D eigenvalue weighted by Crippen LogP contribution is 2.41. The summed E-state index contributed by atoms with van der Waals surface area (Å²) in [5.74, 6) is 2.16. The molecule has 0 spiro atoms. The molecule has 1 heterocycles. The standard InChI is InChI=1S/C24H28O5/c1-7-16(15-8-10-20(26-4)21(14-15)27-5)22(25)18-9-11-19-17(23(18)28-6)12-13-24(2,3)29-19/h8-14,16H,7H2,1-6H3/t16-/m0/s1. The van der Waals surface area contributed by atoms with E-state index in [1.54, 1.807) is 27.4 Å². The number of Topliss-reactive ketones (excluding diaryl/α,β-unsaturated/α-hetero) is 1. The Balaban J connectivity index is 2.03. The normalized spacial score (nSPS) is 15.1. The molecule has 154 valence electrons. The quantitative estimate of drug-likeness (QED) is 0.597. The Bertz CT molecular complexity index is 943. The van der Waals surface area contributed by atoms with Gasteiger partial charge in [0.1, 0.15) is 17.1 Å². The lowest BCUT2D eigenvalue weighted by Crippen LogP contribution is -2.27. The van der Waals surface area contributed by atoms with Gasteiger partial charge in [0.2, 0.25) is 0 Å². The van der Waals surface area contributed by atoms with Crippen molar-refractivity contribution in [1.82, 2.24) is 0 Å². The summed E-state index contributed by atoms with van der Waals surface area (Å²) in [5.41, 5.74) is 1.82. The third kappa shape index (κ3) is 3.95. The fourth-order valence-electron chi connectivity index (χ4n) is 3.67. The Morgan fingerprint density at radius 3 is 2.38 bits per heavy atom. The Labute approximate surface area is 172 Å². The number of ether oxygens (including phenoxy) is 4. The molecule has 5 heteroatoms. The molecule has 0 saturated carbocycles. The molecule has 29 heavy (non-hydrogen) atoms. The number of benzene rings is 2. The molecular weight excluding hydrogens is 368 g/mol. The molecule has 3 rings (SSSR count). The zero-order valence-electron chi connectivity index (χ0n) is 17.9. The van der Waals surface area contributed by atoms with E-state index in [9.17, 15) is 4.79 Å². The van der Waals surface area contributed by atoms with Crippen LogP contribution in [0.15, 0.2) is 36.4 Å². The van der Waals surface area contributed by atoms with Gasteiger partial charge in [0.25, 0.3) is 0 Å². The molecule has 1 aliphatic heterocycles. The van der Waals surface area contributed by atoms with Gasteiger partial charge in [-0.15, -0.1) is 0 Å². The van der Waals surface area contributed by atoms with Gasteiger partial charge in [0.15, 0.2) is 17.3 Å². The summed E-state index contributed by atoms with van der Waals surface area (Å²) in [6.45, 7) is 5.97. The highest BCUT2D eigenvalue weighted by atomic mass is 16.5. The Kier molecular flexibility index (Phi) is 5.87. The van der Waals surface area contributed by atoms with E-state index in [0.717, 1.165) is 11.1 Å². The van der Waals surface area contributed by atoms with Gasteiger partial charge < -0.3 is 18.9 Å². The number of hydrogen-bond acceptors (Lipinski definition) is 5. The highest BCUT2D eigenvalue weighted by Gasteiger charge is 2.29. The average Bonchev–Trinajstić information content (AvgIpc) is 2.72. The number of hydrogen-bond donors (Lipinski definition) is 0. The van der Waals surface area contributed by atoms with Crippen molar-refractivity contribution in [3.63, 3.8) is 0 Å². The minimum atomic E-state index is -0.394. The van der Waals surface area contributed by atoms with Crippen LogP contribution in [0.5, 0.6) is 23.0 Å². The lowest BCUT2D eigenvalue weighted by Gasteiger charge is -2.29. The van der Waals surface area contributed by atoms with Crippen LogP contribution in [0.3, 0.4) is 0 Å². The molecule has 1 atom stereocenters. The van der Waals surface area contributed by atoms with Crippen LogP contribution in [0.2, 0.25) is 0 Å². The van der Waals surface area contributed by atoms with Gasteiger partial charge in [-0.1, -0.05) is 13.0 Å². The van der Waals surface area contributed by atoms with Gasteiger partial charge in [-0.25, -0.2) is 0 Å². The third-order valence-corrected chi connectivity index (χ3v) is 5.18. The van der Waals surface area contributed by atoms with Crippen molar-refractivity contribution >= 4 is 11.9 Å². The van der Waals surface area contributed by atoms with Crippen molar-refractivity contribution in [2.24, 2.45) is 0 Å². The lowest BCUT2D eigenvalue weighted by atomic mass is 9.87. The van der Waals surface area contributed by atoms with Crippen LogP contribution in [0.25, 0.3) is 6.08 Å². The van der Waals surface area contributed by atoms with E-state index in [4.69, 9.17) is 18.9 Å². The number of carbonyl (C=O) groups is 1. The molecule has 5 nitrogen and oxygen atoms in total. The Morgan fingerprint density at radius 2 is 1.76 bits per heavy atom. The summed E-state index contributed by atoms with van der Waals surface area (Å²) >= 11 is 0. The zero-order chi connectivity index (χ0) is 21.2. The summed E-state index contributed by atoms with van der Waals surface area (Å²) < 4.78 is 22.4. The number of ketones is 1. The maximum atomic E-state index is 13.5. The largest absolute Gasteiger partial charge is 0.495 e. The maximum absolute atomic E-state index is 13.5. The first-order valence-corrected chi connectivity index (χ1v) is 9.70. The van der Waals surface area contributed by atoms with Gasteiger partial charge in [-0.05, 0) is 62.2 Å². The summed E-state index contributed by atoms with van der Waals surface area (Å²) in [5, 5.41) is 0. The second-order valence-electron chi connectivity index (χ2n) is 7.54. The zero-order valence-corrected chi connectivity index (χ0v) is 17.9. The van der Waals surface area contributed by atoms with E-state index in [0.29, 0.717) is 35.0 Å². The summed E-state index contributed by atoms with van der Waals surface area (Å²) in [7, 11) is 4.76. The van der Waals surface area contributed by atoms with Crippen molar-refractivity contribution in [3.05, 3.63) is 53.1 Å². The molecule has 0 unspecified atom stereocenters. The van der Waals surface area contributed by atoms with E-state index in [1.165, 1.54) is 0 Å². The molecule has 1 aliphatic rings. The maximum Gasteiger partial charge on any atom is 0.174 e. The number of methoxy groups -OCH3 is 3. The number of carbonyl (C=O) groups excluding carboxylic acids is 1. The van der Waals surface area contributed by atoms with Crippen LogP contribution < -0.4 is 18.9 Å². The van der Waals surface area contributed by atoms with Gasteiger partial charge >= 0.3 is 0 Å². The first kappa shape index (κ1) is 20.8. The van der Waals surface area contributed by atoms with Crippen LogP contribution in [-0.2, 0) is 0 Å². The predicted octanol–water partition coefficient (Wildman–Crippen LogP) is 5.27. The van der Waals surface area contributed by atoms with Crippen molar-refractivity contribution in [1.29, 1.82) is 0 Å². The van der Waals surface area contributed by atoms with Crippen LogP contribution in [-0.4, -0.2) is 32.7 Å². The predicted molar refractivity (Wildman–Crippen MR) is 114 cm³/mol. The number of fused-ring (bicyclic) bond motifs is 1. The Morgan fingerprint density at radius 1 is 1.03 bits per heavy atom. The van der Waals surface area contributed by atoms with E-state index < -0.39 is 5.60 Å². The molecule has 2 aromatic carbocycles. The van der Waals surface area contributed by atoms with E-state index >= 15 is 0 Å². The average molecular weight is 396 g/mol. The molecule has 0 radical (unpaired) electrons. The van der Waals surface area contributed by atoms with Crippen molar-refractivity contribution in [2.45, 2.75) is 38.7 Å². The minimum Gasteiger partial charge on any atom is -0.495 e. The third-order valence-electron chi connectivity index (χ3n) is 5.18. The summed E-state index contributed by atoms with van der Waals surface area (Å²) in [6, 6.07) is 9.23. The van der Waals surface area contributed by atoms with Gasteiger partial charge in [0, 0.05) is 5.92 Å². The lowest BCUT2D eigenvalue weighted by molar-refractivity contribution is 0.0954. The first-order chi connectivity index (χ1) is 13.8. The monoisotopic (exact) mass is 396 g/mol. The van der Waals surface area contributed by atoms with Crippen molar-refractivity contribution in [2.75, 3.05) is 21.3 Å². The van der Waals surface area contributed by atoms with Gasteiger partial charge in [-0.3, -0.25) is 4.79 Å². The van der Waals surface area contributed by atoms with Gasteiger partial charge in [0.05, 0.1) is 32.5 Å². The SMILES string of the molecule is CC[C@H](C(=O)c1ccc2c(c1OC)C=CC(C)(C)O2)c1ccc(OC)c(OC)c1. The van der Waals surface area contributed by atoms with Crippen molar-refractivity contribution < 1.29 is 23.7 Å². The first-order valence-electron chi connectivity index (χ1n) is 9.70.